The van der Waals surface area contributed by atoms with E-state index in [-0.39, 0.29) is 14.6 Å². The van der Waals surface area contributed by atoms with Gasteiger partial charge in [-0.25, -0.2) is 0 Å². The lowest BCUT2D eigenvalue weighted by Gasteiger charge is -2.16. The summed E-state index contributed by atoms with van der Waals surface area (Å²) >= 11 is 0. The summed E-state index contributed by atoms with van der Waals surface area (Å²) in [6.07, 6.45) is -2.03. The molecule has 0 spiro atoms. The Morgan fingerprint density at radius 2 is 1.58 bits per heavy atom. The first-order chi connectivity index (χ1) is 8.84. The molecule has 3 nitrogen and oxygen atoms in total. The van der Waals surface area contributed by atoms with E-state index in [0.29, 0.717) is 25.7 Å². The van der Waals surface area contributed by atoms with Gasteiger partial charge < -0.3 is 14.8 Å². The molecule has 0 bridgehead atoms. The lowest BCUT2D eigenvalue weighted by molar-refractivity contribution is -0.151. The Morgan fingerprint density at radius 1 is 1.00 bits per heavy atom. The van der Waals surface area contributed by atoms with E-state index < -0.39 is 12.2 Å². The largest absolute Gasteiger partial charge is 0.403 e. The van der Waals surface area contributed by atoms with Gasteiger partial charge in [0.2, 0.25) is 0 Å². The van der Waals surface area contributed by atoms with Crippen molar-refractivity contribution in [3.05, 3.63) is 0 Å². The summed E-state index contributed by atoms with van der Waals surface area (Å²) in [6.45, 7) is 7.50. The van der Waals surface area contributed by atoms with Crippen molar-refractivity contribution >= 4 is 0 Å². The molecule has 0 aromatic carbocycles. The van der Waals surface area contributed by atoms with E-state index in [1.54, 1.807) is 0 Å². The molecule has 1 atom stereocenters. The topological polar surface area (TPSA) is 30.5 Å². The van der Waals surface area contributed by atoms with Gasteiger partial charge in [-0.3, -0.25) is 0 Å². The fourth-order valence-electron chi connectivity index (χ4n) is 1.38. The highest BCUT2D eigenvalue weighted by atomic mass is 19.4. The second kappa shape index (κ2) is 10.5. The minimum atomic E-state index is -4.19. The summed E-state index contributed by atoms with van der Waals surface area (Å²) in [5, 5.41) is 2.36. The highest BCUT2D eigenvalue weighted by Gasteiger charge is 2.35. The Bertz CT molecular complexity index is 216. The first-order valence-corrected chi connectivity index (χ1v) is 6.79. The average molecular weight is 287 g/mol. The van der Waals surface area contributed by atoms with Crippen molar-refractivity contribution in [3.63, 3.8) is 0 Å². The summed E-state index contributed by atoms with van der Waals surface area (Å²) in [5.74, 6) is 0.682. The van der Waals surface area contributed by atoms with Crippen LogP contribution >= 0.6 is 0 Å². The fraction of sp³-hybridized carbons (Fsp3) is 1.00. The minimum absolute atomic E-state index is 0. The van der Waals surface area contributed by atoms with Crippen LogP contribution in [0.5, 0.6) is 0 Å². The van der Waals surface area contributed by atoms with E-state index in [4.69, 9.17) is 9.47 Å². The molecule has 0 aromatic heterocycles. The quantitative estimate of drug-likeness (QED) is 0.592. The van der Waals surface area contributed by atoms with Gasteiger partial charge >= 0.3 is 6.18 Å². The average Bonchev–Trinajstić information content (AvgIpc) is 2.29. The number of ether oxygens (including phenoxy) is 2. The van der Waals surface area contributed by atoms with Crippen molar-refractivity contribution in [1.82, 2.24) is 5.32 Å². The van der Waals surface area contributed by atoms with Gasteiger partial charge in [0.25, 0.3) is 0 Å². The van der Waals surface area contributed by atoms with Crippen molar-refractivity contribution in [2.24, 2.45) is 5.92 Å². The lowest BCUT2D eigenvalue weighted by atomic mass is 10.1. The number of rotatable bonds is 11. The molecule has 0 heterocycles. The molecule has 0 radical (unpaired) electrons. The van der Waals surface area contributed by atoms with Crippen molar-refractivity contribution < 1.29 is 24.1 Å². The summed E-state index contributed by atoms with van der Waals surface area (Å²) < 4.78 is 46.9. The molecule has 6 heteroatoms. The number of halogens is 3. The summed E-state index contributed by atoms with van der Waals surface area (Å²) in [6, 6.07) is -1.50. The second-order valence-electron chi connectivity index (χ2n) is 4.98. The van der Waals surface area contributed by atoms with Gasteiger partial charge in [0.05, 0.1) is 19.8 Å². The monoisotopic (exact) mass is 287 g/mol. The molecule has 0 amide bonds. The molecule has 0 aliphatic rings. The third kappa shape index (κ3) is 12.4. The van der Waals surface area contributed by atoms with Crippen LogP contribution in [0, 0.1) is 5.92 Å². The van der Waals surface area contributed by atoms with Crippen LogP contribution in [0.1, 0.15) is 35.0 Å². The smallest absolute Gasteiger partial charge is 0.379 e. The molecule has 0 aliphatic heterocycles. The Morgan fingerprint density at radius 3 is 2.11 bits per heavy atom. The van der Waals surface area contributed by atoms with E-state index in [2.05, 4.69) is 19.2 Å². The van der Waals surface area contributed by atoms with Gasteiger partial charge in [-0.1, -0.05) is 13.8 Å². The van der Waals surface area contributed by atoms with Crippen LogP contribution in [0.4, 0.5) is 13.2 Å². The van der Waals surface area contributed by atoms with Crippen molar-refractivity contribution in [3.8, 4) is 0 Å². The van der Waals surface area contributed by atoms with Crippen LogP contribution in [-0.2, 0) is 9.47 Å². The highest BCUT2D eigenvalue weighted by Crippen LogP contribution is 2.18. The summed E-state index contributed by atoms with van der Waals surface area (Å²) in [7, 11) is 0. The lowest BCUT2D eigenvalue weighted by Crippen LogP contribution is -2.41. The van der Waals surface area contributed by atoms with Gasteiger partial charge in [0.1, 0.15) is 6.04 Å². The van der Waals surface area contributed by atoms with E-state index in [1.165, 1.54) is 0 Å². The second-order valence-corrected chi connectivity index (χ2v) is 4.98. The van der Waals surface area contributed by atoms with Crippen LogP contribution in [0.3, 0.4) is 0 Å². The molecule has 0 aliphatic carbocycles. The van der Waals surface area contributed by atoms with Gasteiger partial charge in [-0.05, 0) is 25.7 Å². The molecule has 0 rings (SSSR count). The van der Waals surface area contributed by atoms with Crippen molar-refractivity contribution in [1.29, 1.82) is 0 Å². The fourth-order valence-corrected chi connectivity index (χ4v) is 1.38. The summed E-state index contributed by atoms with van der Waals surface area (Å²) in [4.78, 5) is 0. The summed E-state index contributed by atoms with van der Waals surface area (Å²) in [5.41, 5.74) is 0. The Balaban J connectivity index is 0. The highest BCUT2D eigenvalue weighted by molar-refractivity contribution is 4.68. The molecular weight excluding hydrogens is 259 g/mol. The van der Waals surface area contributed by atoms with Gasteiger partial charge in [0.15, 0.2) is 0 Å². The first-order valence-electron chi connectivity index (χ1n) is 6.79. The van der Waals surface area contributed by atoms with E-state index in [1.807, 2.05) is 0 Å². The molecule has 0 fully saturated rings. The number of hydrogen-bond acceptors (Lipinski definition) is 3. The van der Waals surface area contributed by atoms with Crippen LogP contribution < -0.4 is 5.32 Å². The Labute approximate surface area is 115 Å². The molecule has 0 aromatic rings. The van der Waals surface area contributed by atoms with Gasteiger partial charge in [0, 0.05) is 14.6 Å². The number of nitrogens with one attached hydrogen (secondary N) is 1. The van der Waals surface area contributed by atoms with E-state index in [0.717, 1.165) is 19.8 Å². The maximum Gasteiger partial charge on any atom is 0.403 e. The maximum atomic E-state index is 12.1. The zero-order valence-corrected chi connectivity index (χ0v) is 12.1. The SMILES string of the molecule is CC(C)CCCOCCOCCNC(C)C(F)(F)F.[HH]. The minimum Gasteiger partial charge on any atom is -0.379 e. The molecule has 0 saturated carbocycles. The normalized spacial score (nSPS) is 14.1. The third-order valence-electron chi connectivity index (χ3n) is 2.63. The number of hydrogen-bond donors (Lipinski definition) is 1. The first kappa shape index (κ1) is 18.7. The standard InChI is InChI=1S/C13H26F3NO2.H2/c1-11(2)5-4-7-18-9-10-19-8-6-17-12(3)13(14,15)16;/h11-12,17H,4-10H2,1-3H3;1H. The molecular formula is C13H28F3NO2. The molecule has 118 valence electrons. The van der Waals surface area contributed by atoms with E-state index >= 15 is 0 Å². The van der Waals surface area contributed by atoms with Crippen LogP contribution in [0.25, 0.3) is 0 Å². The van der Waals surface area contributed by atoms with Gasteiger partial charge in [-0.2, -0.15) is 13.2 Å². The predicted octanol–water partition coefficient (Wildman–Crippen LogP) is 3.24. The van der Waals surface area contributed by atoms with Crippen molar-refractivity contribution in [2.75, 3.05) is 33.0 Å². The van der Waals surface area contributed by atoms with E-state index in [9.17, 15) is 13.2 Å². The molecule has 1 unspecified atom stereocenters. The molecule has 19 heavy (non-hydrogen) atoms. The van der Waals surface area contributed by atoms with Gasteiger partial charge in [-0.15, -0.1) is 0 Å². The zero-order chi connectivity index (χ0) is 14.7. The maximum absolute atomic E-state index is 12.1. The zero-order valence-electron chi connectivity index (χ0n) is 12.1. The molecule has 0 saturated heterocycles. The Hall–Kier alpha value is -0.330. The van der Waals surface area contributed by atoms with Crippen LogP contribution in [-0.4, -0.2) is 45.2 Å². The number of alkyl halides is 3. The van der Waals surface area contributed by atoms with Crippen LogP contribution in [0.15, 0.2) is 0 Å². The third-order valence-corrected chi connectivity index (χ3v) is 2.63. The molecule has 1 N–H and O–H groups in total. The van der Waals surface area contributed by atoms with Crippen LogP contribution in [0.2, 0.25) is 0 Å². The predicted molar refractivity (Wildman–Crippen MR) is 71.3 cm³/mol. The van der Waals surface area contributed by atoms with Crippen molar-refractivity contribution in [2.45, 2.75) is 45.8 Å². The Kier molecular flexibility index (Phi) is 10.3.